The minimum atomic E-state index is -0.486. The molecule has 3 rings (SSSR count). The second-order valence-electron chi connectivity index (χ2n) is 4.29. The molecule has 0 fully saturated rings. The van der Waals surface area contributed by atoms with Crippen LogP contribution in [-0.4, -0.2) is 31.0 Å². The van der Waals surface area contributed by atoms with E-state index in [1.165, 1.54) is 0 Å². The Labute approximate surface area is 118 Å². The van der Waals surface area contributed by atoms with Crippen LogP contribution in [0.4, 0.5) is 11.5 Å². The van der Waals surface area contributed by atoms with Gasteiger partial charge in [0.1, 0.15) is 6.33 Å². The van der Waals surface area contributed by atoms with Crippen molar-refractivity contribution in [2.45, 2.75) is 0 Å². The lowest BCUT2D eigenvalue weighted by atomic mass is 10.2. The molecule has 0 radical (unpaired) electrons. The number of benzene rings is 1. The number of hydrogen-bond donors (Lipinski definition) is 2. The molecule has 2 aromatic heterocycles. The molecule has 21 heavy (non-hydrogen) atoms. The van der Waals surface area contributed by atoms with Crippen LogP contribution in [0.25, 0.3) is 11.4 Å². The van der Waals surface area contributed by atoms with Crippen molar-refractivity contribution in [2.24, 2.45) is 7.05 Å². The summed E-state index contributed by atoms with van der Waals surface area (Å²) in [6.45, 7) is 0. The highest BCUT2D eigenvalue weighted by Crippen LogP contribution is 2.19. The van der Waals surface area contributed by atoms with Crippen LogP contribution in [0, 0.1) is 0 Å². The molecule has 0 atom stereocenters. The van der Waals surface area contributed by atoms with E-state index >= 15 is 0 Å². The Bertz CT molecular complexity index is 775. The number of aromatic nitrogens is 5. The van der Waals surface area contributed by atoms with Crippen LogP contribution < -0.4 is 11.1 Å². The van der Waals surface area contributed by atoms with Gasteiger partial charge in [0, 0.05) is 18.3 Å². The zero-order valence-corrected chi connectivity index (χ0v) is 11.0. The van der Waals surface area contributed by atoms with Gasteiger partial charge in [-0.2, -0.15) is 0 Å². The van der Waals surface area contributed by atoms with Gasteiger partial charge < -0.3 is 15.6 Å². The molecular formula is C12H11N7O2. The van der Waals surface area contributed by atoms with Crippen molar-refractivity contribution >= 4 is 17.4 Å². The summed E-state index contributed by atoms with van der Waals surface area (Å²) in [4.78, 5) is 11.9. The summed E-state index contributed by atoms with van der Waals surface area (Å²) in [5, 5.41) is 17.3. The Morgan fingerprint density at radius 3 is 2.62 bits per heavy atom. The van der Waals surface area contributed by atoms with Crippen LogP contribution in [-0.2, 0) is 7.05 Å². The molecule has 0 aliphatic carbocycles. The molecule has 0 saturated heterocycles. The van der Waals surface area contributed by atoms with E-state index in [9.17, 15) is 4.79 Å². The smallest absolute Gasteiger partial charge is 0.281 e. The van der Waals surface area contributed by atoms with E-state index in [-0.39, 0.29) is 11.5 Å². The fourth-order valence-corrected chi connectivity index (χ4v) is 1.79. The van der Waals surface area contributed by atoms with Crippen molar-refractivity contribution in [1.82, 2.24) is 25.1 Å². The lowest BCUT2D eigenvalue weighted by Crippen LogP contribution is -2.14. The van der Waals surface area contributed by atoms with Crippen LogP contribution in [0.3, 0.4) is 0 Å². The van der Waals surface area contributed by atoms with E-state index in [4.69, 9.17) is 5.73 Å². The number of carbonyl (C=O) groups excluding carboxylic acids is 1. The van der Waals surface area contributed by atoms with Gasteiger partial charge in [-0.3, -0.25) is 4.79 Å². The van der Waals surface area contributed by atoms with Crippen LogP contribution in [0.2, 0.25) is 0 Å². The monoisotopic (exact) mass is 285 g/mol. The first-order valence-corrected chi connectivity index (χ1v) is 5.99. The second-order valence-corrected chi connectivity index (χ2v) is 4.29. The van der Waals surface area contributed by atoms with Gasteiger partial charge in [-0.25, -0.2) is 4.63 Å². The molecule has 0 unspecified atom stereocenters. The third kappa shape index (κ3) is 2.43. The third-order valence-electron chi connectivity index (χ3n) is 2.84. The number of anilines is 2. The number of aryl methyl sites for hydroxylation is 1. The molecule has 106 valence electrons. The average Bonchev–Trinajstić information content (AvgIpc) is 3.08. The number of carbonyl (C=O) groups is 1. The minimum Gasteiger partial charge on any atom is -0.379 e. The first-order valence-electron chi connectivity index (χ1n) is 5.99. The number of hydrogen-bond acceptors (Lipinski definition) is 7. The molecule has 0 spiro atoms. The van der Waals surface area contributed by atoms with Crippen molar-refractivity contribution in [3.8, 4) is 11.4 Å². The molecule has 0 bridgehead atoms. The number of nitrogen functional groups attached to an aromatic ring is 1. The number of nitrogens with one attached hydrogen (secondary N) is 1. The van der Waals surface area contributed by atoms with Crippen molar-refractivity contribution in [1.29, 1.82) is 0 Å². The molecule has 1 aromatic carbocycles. The predicted octanol–water partition coefficient (Wildman–Crippen LogP) is 0.700. The van der Waals surface area contributed by atoms with Gasteiger partial charge in [0.15, 0.2) is 5.82 Å². The summed E-state index contributed by atoms with van der Waals surface area (Å²) in [6.07, 6.45) is 1.62. The first-order chi connectivity index (χ1) is 10.1. The normalized spacial score (nSPS) is 10.5. The largest absolute Gasteiger partial charge is 0.379 e. The van der Waals surface area contributed by atoms with Crippen LogP contribution in [0.5, 0.6) is 0 Å². The minimum absolute atomic E-state index is 0.0487. The predicted molar refractivity (Wildman–Crippen MR) is 73.1 cm³/mol. The highest BCUT2D eigenvalue weighted by molar-refractivity contribution is 6.05. The Morgan fingerprint density at radius 1 is 1.29 bits per heavy atom. The maximum atomic E-state index is 11.9. The Morgan fingerprint density at radius 2 is 2.05 bits per heavy atom. The number of amides is 1. The van der Waals surface area contributed by atoms with Gasteiger partial charge in [0.25, 0.3) is 5.91 Å². The highest BCUT2D eigenvalue weighted by Gasteiger charge is 2.16. The van der Waals surface area contributed by atoms with Crippen molar-refractivity contribution in [2.75, 3.05) is 11.1 Å². The summed E-state index contributed by atoms with van der Waals surface area (Å²) in [5.41, 5.74) is 6.88. The molecule has 1 amide bonds. The number of nitrogens with two attached hydrogens (primary N) is 1. The second kappa shape index (κ2) is 5.04. The van der Waals surface area contributed by atoms with Crippen molar-refractivity contribution < 1.29 is 9.42 Å². The molecule has 9 heteroatoms. The maximum absolute atomic E-state index is 11.9. The van der Waals surface area contributed by atoms with E-state index in [0.29, 0.717) is 5.69 Å². The summed E-state index contributed by atoms with van der Waals surface area (Å²) in [7, 11) is 1.85. The summed E-state index contributed by atoms with van der Waals surface area (Å²) in [6, 6.07) is 7.13. The highest BCUT2D eigenvalue weighted by atomic mass is 16.6. The van der Waals surface area contributed by atoms with Crippen molar-refractivity contribution in [3.63, 3.8) is 0 Å². The van der Waals surface area contributed by atoms with Gasteiger partial charge in [-0.15, -0.1) is 10.2 Å². The van der Waals surface area contributed by atoms with Crippen LogP contribution in [0.15, 0.2) is 35.2 Å². The molecule has 2 heterocycles. The zero-order chi connectivity index (χ0) is 14.8. The summed E-state index contributed by atoms with van der Waals surface area (Å²) >= 11 is 0. The molecule has 0 saturated carbocycles. The van der Waals surface area contributed by atoms with Gasteiger partial charge in [-0.1, -0.05) is 0 Å². The van der Waals surface area contributed by atoms with E-state index < -0.39 is 5.91 Å². The van der Waals surface area contributed by atoms with E-state index in [2.05, 4.69) is 30.5 Å². The Kier molecular flexibility index (Phi) is 3.07. The van der Waals surface area contributed by atoms with E-state index in [1.807, 2.05) is 19.2 Å². The number of nitrogens with zero attached hydrogens (tertiary/aromatic N) is 5. The lowest BCUT2D eigenvalue weighted by Gasteiger charge is -2.05. The fourth-order valence-electron chi connectivity index (χ4n) is 1.79. The van der Waals surface area contributed by atoms with Gasteiger partial charge >= 0.3 is 0 Å². The molecule has 0 aliphatic rings. The van der Waals surface area contributed by atoms with Crippen LogP contribution in [0.1, 0.15) is 10.5 Å². The van der Waals surface area contributed by atoms with Crippen LogP contribution >= 0.6 is 0 Å². The molecular weight excluding hydrogens is 274 g/mol. The lowest BCUT2D eigenvalue weighted by molar-refractivity contribution is 0.101. The van der Waals surface area contributed by atoms with Gasteiger partial charge in [0.05, 0.1) is 0 Å². The topological polar surface area (TPSA) is 125 Å². The third-order valence-corrected chi connectivity index (χ3v) is 2.84. The van der Waals surface area contributed by atoms with Gasteiger partial charge in [0.2, 0.25) is 11.5 Å². The molecule has 0 aliphatic heterocycles. The quantitative estimate of drug-likeness (QED) is 0.725. The van der Waals surface area contributed by atoms with E-state index in [0.717, 1.165) is 11.4 Å². The summed E-state index contributed by atoms with van der Waals surface area (Å²) < 4.78 is 6.18. The Balaban J connectivity index is 1.78. The summed E-state index contributed by atoms with van der Waals surface area (Å²) in [5.74, 6) is 0.196. The number of rotatable bonds is 3. The average molecular weight is 285 g/mol. The molecule has 3 aromatic rings. The zero-order valence-electron chi connectivity index (χ0n) is 11.0. The van der Waals surface area contributed by atoms with E-state index in [1.54, 1.807) is 23.0 Å². The fraction of sp³-hybridized carbons (Fsp3) is 0.0833. The Hall–Kier alpha value is -3.23. The SMILES string of the molecule is Cn1cnnc1-c1ccc(NC(=O)c2nonc2N)cc1. The molecule has 9 nitrogen and oxygen atoms in total. The molecule has 3 N–H and O–H groups in total. The van der Waals surface area contributed by atoms with Crippen molar-refractivity contribution in [3.05, 3.63) is 36.3 Å². The van der Waals surface area contributed by atoms with Gasteiger partial charge in [-0.05, 0) is 34.6 Å². The maximum Gasteiger partial charge on any atom is 0.281 e. The first kappa shape index (κ1) is 12.8. The standard InChI is InChI=1S/C12H11N7O2/c1-19-6-14-16-11(19)7-2-4-8(5-3-7)15-12(20)9-10(13)18-21-17-9/h2-6H,1H3,(H2,13,18)(H,15,20).